The van der Waals surface area contributed by atoms with Gasteiger partial charge in [-0.3, -0.25) is 0 Å². The number of nitrogens with zero attached hydrogens (tertiary/aromatic N) is 1. The summed E-state index contributed by atoms with van der Waals surface area (Å²) >= 11 is 0. The van der Waals surface area contributed by atoms with Gasteiger partial charge in [-0.15, -0.1) is 0 Å². The predicted molar refractivity (Wildman–Crippen MR) is 42.3 cm³/mol. The summed E-state index contributed by atoms with van der Waals surface area (Å²) < 4.78 is 4.79. The Hall–Kier alpha value is -1.61. The summed E-state index contributed by atoms with van der Waals surface area (Å²) in [6, 6.07) is 1.72. The lowest BCUT2D eigenvalue weighted by Crippen LogP contribution is -2.53. The largest absolute Gasteiger partial charge is 0.479 e. The van der Waals surface area contributed by atoms with E-state index in [2.05, 4.69) is 0 Å². The lowest BCUT2D eigenvalue weighted by Gasteiger charge is -2.31. The van der Waals surface area contributed by atoms with Crippen molar-refractivity contribution in [2.24, 2.45) is 0 Å². The highest BCUT2D eigenvalue weighted by molar-refractivity contribution is 6.02. The van der Waals surface area contributed by atoms with Crippen LogP contribution in [0, 0.1) is 11.3 Å². The van der Waals surface area contributed by atoms with Crippen molar-refractivity contribution in [3.63, 3.8) is 0 Å². The van der Waals surface area contributed by atoms with Crippen LogP contribution in [0.2, 0.25) is 0 Å². The van der Waals surface area contributed by atoms with E-state index in [4.69, 9.17) is 20.2 Å². The van der Waals surface area contributed by atoms with E-state index in [9.17, 15) is 9.59 Å². The van der Waals surface area contributed by atoms with Crippen LogP contribution in [0.25, 0.3) is 0 Å². The molecule has 1 aliphatic heterocycles. The Morgan fingerprint density at radius 2 is 2.00 bits per heavy atom. The van der Waals surface area contributed by atoms with Crippen molar-refractivity contribution in [2.75, 3.05) is 0 Å². The Bertz CT molecular complexity index is 291. The molecular formula is C8H9NO5. The van der Waals surface area contributed by atoms with Crippen molar-refractivity contribution in [1.29, 1.82) is 5.26 Å². The fourth-order valence-electron chi connectivity index (χ4n) is 1.39. The Morgan fingerprint density at radius 3 is 2.43 bits per heavy atom. The first-order valence-electron chi connectivity index (χ1n) is 4.07. The predicted octanol–water partition coefficient (Wildman–Crippen LogP) is -0.0129. The number of carboxylic acid groups (broad SMARTS) is 2. The summed E-state index contributed by atoms with van der Waals surface area (Å²) in [6.45, 7) is 0. The molecule has 6 heteroatoms. The summed E-state index contributed by atoms with van der Waals surface area (Å²) in [5.41, 5.74) is -2.24. The fraction of sp³-hybridized carbons (Fsp3) is 0.625. The van der Waals surface area contributed by atoms with Gasteiger partial charge in [-0.25, -0.2) is 9.59 Å². The van der Waals surface area contributed by atoms with E-state index in [1.807, 2.05) is 0 Å². The van der Waals surface area contributed by atoms with Crippen molar-refractivity contribution < 1.29 is 24.5 Å². The van der Waals surface area contributed by atoms with Crippen LogP contribution in [0.5, 0.6) is 0 Å². The Morgan fingerprint density at radius 1 is 1.43 bits per heavy atom. The van der Waals surface area contributed by atoms with Gasteiger partial charge in [-0.2, -0.15) is 5.26 Å². The van der Waals surface area contributed by atoms with Crippen LogP contribution < -0.4 is 0 Å². The number of carboxylic acids is 2. The average molecular weight is 199 g/mol. The maximum atomic E-state index is 10.8. The average Bonchev–Trinajstić information content (AvgIpc) is 2.17. The molecule has 1 fully saturated rings. The first kappa shape index (κ1) is 10.5. The van der Waals surface area contributed by atoms with Crippen LogP contribution in [0.1, 0.15) is 19.3 Å². The van der Waals surface area contributed by atoms with Gasteiger partial charge < -0.3 is 14.9 Å². The zero-order valence-electron chi connectivity index (χ0n) is 7.27. The van der Waals surface area contributed by atoms with Gasteiger partial charge in [-0.1, -0.05) is 0 Å². The second-order valence-corrected chi connectivity index (χ2v) is 3.07. The molecule has 0 aromatic carbocycles. The van der Waals surface area contributed by atoms with Crippen LogP contribution in [0.4, 0.5) is 0 Å². The van der Waals surface area contributed by atoms with Crippen molar-refractivity contribution in [2.45, 2.75) is 31.0 Å². The number of aliphatic carboxylic acids is 2. The minimum Gasteiger partial charge on any atom is -0.479 e. The lowest BCUT2D eigenvalue weighted by molar-refractivity contribution is -0.194. The maximum absolute atomic E-state index is 10.8. The molecule has 1 heterocycles. The Labute approximate surface area is 79.7 Å². The molecule has 1 aliphatic rings. The van der Waals surface area contributed by atoms with Crippen LogP contribution >= 0.6 is 0 Å². The standard InChI is InChI=1S/C8H9NO5/c9-4-5-2-1-3-8(14-5,6(10)11)7(12)13/h5H,1-3H2,(H,10,11)(H,12,13). The molecule has 1 rings (SSSR count). The van der Waals surface area contributed by atoms with Gasteiger partial charge in [0.1, 0.15) is 6.10 Å². The number of ether oxygens (including phenoxy) is 1. The molecule has 0 aromatic rings. The van der Waals surface area contributed by atoms with Gasteiger partial charge >= 0.3 is 11.9 Å². The van der Waals surface area contributed by atoms with Crippen LogP contribution in [0.3, 0.4) is 0 Å². The molecule has 0 spiro atoms. The molecular weight excluding hydrogens is 190 g/mol. The quantitative estimate of drug-likeness (QED) is 0.605. The van der Waals surface area contributed by atoms with E-state index in [1.54, 1.807) is 6.07 Å². The first-order valence-corrected chi connectivity index (χ1v) is 4.07. The summed E-state index contributed by atoms with van der Waals surface area (Å²) in [7, 11) is 0. The highest BCUT2D eigenvalue weighted by atomic mass is 16.6. The number of carbonyl (C=O) groups is 2. The lowest BCUT2D eigenvalue weighted by atomic mass is 9.92. The molecule has 1 atom stereocenters. The second-order valence-electron chi connectivity index (χ2n) is 3.07. The summed E-state index contributed by atoms with van der Waals surface area (Å²) in [4.78, 5) is 21.5. The second kappa shape index (κ2) is 3.64. The molecule has 14 heavy (non-hydrogen) atoms. The fourth-order valence-corrected chi connectivity index (χ4v) is 1.39. The van der Waals surface area contributed by atoms with E-state index in [0.29, 0.717) is 12.8 Å². The number of nitriles is 1. The normalized spacial score (nSPS) is 24.9. The highest BCUT2D eigenvalue weighted by Gasteiger charge is 2.51. The highest BCUT2D eigenvalue weighted by Crippen LogP contribution is 2.29. The molecule has 0 saturated carbocycles. The number of hydrogen-bond acceptors (Lipinski definition) is 4. The smallest absolute Gasteiger partial charge is 0.347 e. The van der Waals surface area contributed by atoms with Gasteiger partial charge in [0.15, 0.2) is 0 Å². The summed E-state index contributed by atoms with van der Waals surface area (Å²) in [6.07, 6.45) is -0.318. The molecule has 0 aliphatic carbocycles. The molecule has 1 unspecified atom stereocenters. The van der Waals surface area contributed by atoms with Gasteiger partial charge in [0.25, 0.3) is 5.60 Å². The minimum atomic E-state index is -2.24. The topological polar surface area (TPSA) is 108 Å². The van der Waals surface area contributed by atoms with E-state index in [-0.39, 0.29) is 6.42 Å². The Balaban J connectivity index is 2.94. The Kier molecular flexibility index (Phi) is 2.72. The molecule has 0 bridgehead atoms. The molecule has 0 amide bonds. The molecule has 2 N–H and O–H groups in total. The van der Waals surface area contributed by atoms with Gasteiger partial charge in [0.05, 0.1) is 6.07 Å². The van der Waals surface area contributed by atoms with E-state index < -0.39 is 23.6 Å². The zero-order chi connectivity index (χ0) is 10.8. The van der Waals surface area contributed by atoms with Gasteiger partial charge in [0.2, 0.25) is 0 Å². The molecule has 0 radical (unpaired) electrons. The van der Waals surface area contributed by atoms with E-state index in [1.165, 1.54) is 0 Å². The van der Waals surface area contributed by atoms with Crippen LogP contribution in [-0.2, 0) is 14.3 Å². The van der Waals surface area contributed by atoms with E-state index in [0.717, 1.165) is 0 Å². The van der Waals surface area contributed by atoms with Gasteiger partial charge in [-0.05, 0) is 19.3 Å². The molecule has 1 saturated heterocycles. The van der Waals surface area contributed by atoms with Crippen molar-refractivity contribution in [3.05, 3.63) is 0 Å². The zero-order valence-corrected chi connectivity index (χ0v) is 7.27. The van der Waals surface area contributed by atoms with Gasteiger partial charge in [0, 0.05) is 0 Å². The minimum absolute atomic E-state index is 0.101. The van der Waals surface area contributed by atoms with Crippen molar-refractivity contribution in [3.8, 4) is 6.07 Å². The SMILES string of the molecule is N#CC1CCCC(C(=O)O)(C(=O)O)O1. The van der Waals surface area contributed by atoms with Crippen LogP contribution in [0.15, 0.2) is 0 Å². The third-order valence-electron chi connectivity index (χ3n) is 2.17. The first-order chi connectivity index (χ1) is 6.53. The molecule has 6 nitrogen and oxygen atoms in total. The van der Waals surface area contributed by atoms with Crippen molar-refractivity contribution in [1.82, 2.24) is 0 Å². The van der Waals surface area contributed by atoms with Crippen molar-refractivity contribution >= 4 is 11.9 Å². The molecule has 76 valence electrons. The molecule has 0 aromatic heterocycles. The number of rotatable bonds is 2. The summed E-state index contributed by atoms with van der Waals surface area (Å²) in [5, 5.41) is 26.0. The monoisotopic (exact) mass is 199 g/mol. The van der Waals surface area contributed by atoms with E-state index >= 15 is 0 Å². The van der Waals surface area contributed by atoms with Crippen LogP contribution in [-0.4, -0.2) is 33.9 Å². The number of hydrogen-bond donors (Lipinski definition) is 2. The third kappa shape index (κ3) is 1.54. The maximum Gasteiger partial charge on any atom is 0.347 e. The summed E-state index contributed by atoms with van der Waals surface area (Å²) in [5.74, 6) is -3.10. The third-order valence-corrected chi connectivity index (χ3v) is 2.17.